The Bertz CT molecular complexity index is 413. The second-order valence-corrected chi connectivity index (χ2v) is 6.22. The molecule has 0 aromatic carbocycles. The summed E-state index contributed by atoms with van der Waals surface area (Å²) >= 11 is 0. The molecule has 0 aliphatic heterocycles. The van der Waals surface area contributed by atoms with E-state index in [1.165, 1.54) is 0 Å². The molecule has 0 aromatic rings. The maximum Gasteiger partial charge on any atom is 0.254 e. The number of sulfonamides is 1. The van der Waals surface area contributed by atoms with E-state index < -0.39 is 26.7 Å². The van der Waals surface area contributed by atoms with Gasteiger partial charge in [-0.1, -0.05) is 6.08 Å². The molecule has 3 N–H and O–H groups in total. The molecule has 0 saturated heterocycles. The number of carbonyl (C=O) groups is 1. The van der Waals surface area contributed by atoms with E-state index in [0.717, 1.165) is 0 Å². The van der Waals surface area contributed by atoms with E-state index in [2.05, 4.69) is 6.58 Å². The van der Waals surface area contributed by atoms with E-state index >= 15 is 0 Å². The largest absolute Gasteiger partial charge is 0.317 e. The molecule has 2 saturated carbocycles. The Balaban J connectivity index is 2.02. The Morgan fingerprint density at radius 3 is 2.53 bits per heavy atom. The van der Waals surface area contributed by atoms with E-state index in [9.17, 15) is 13.2 Å². The molecular weight excluding hydrogens is 216 g/mol. The predicted octanol–water partition coefficient (Wildman–Crippen LogP) is -0.502. The van der Waals surface area contributed by atoms with Crippen molar-refractivity contribution >= 4 is 15.9 Å². The minimum absolute atomic E-state index is 0.105. The Hall–Kier alpha value is -0.880. The zero-order valence-electron chi connectivity index (χ0n) is 8.27. The fourth-order valence-corrected chi connectivity index (χ4v) is 2.92. The van der Waals surface area contributed by atoms with E-state index in [-0.39, 0.29) is 5.92 Å². The molecule has 0 unspecified atom stereocenters. The van der Waals surface area contributed by atoms with Crippen molar-refractivity contribution in [3.8, 4) is 0 Å². The Kier molecular flexibility index (Phi) is 2.16. The van der Waals surface area contributed by atoms with E-state index in [1.807, 2.05) is 4.72 Å². The van der Waals surface area contributed by atoms with Crippen LogP contribution in [0.25, 0.3) is 0 Å². The van der Waals surface area contributed by atoms with Crippen LogP contribution in [0.5, 0.6) is 0 Å². The number of nitrogens with one attached hydrogen (secondary N) is 1. The third kappa shape index (κ3) is 1.79. The zero-order valence-corrected chi connectivity index (χ0v) is 9.09. The van der Waals surface area contributed by atoms with Crippen LogP contribution in [0.15, 0.2) is 12.7 Å². The summed E-state index contributed by atoms with van der Waals surface area (Å²) in [7, 11) is -3.47. The fraction of sp³-hybridized carbons (Fsp3) is 0.667. The topological polar surface area (TPSA) is 89.3 Å². The molecule has 2 aliphatic rings. The van der Waals surface area contributed by atoms with Crippen molar-refractivity contribution in [1.82, 2.24) is 4.72 Å². The molecule has 0 radical (unpaired) electrons. The van der Waals surface area contributed by atoms with Crippen molar-refractivity contribution < 1.29 is 13.2 Å². The summed E-state index contributed by atoms with van der Waals surface area (Å²) in [4.78, 5) is 11.6. The number of hydrogen-bond acceptors (Lipinski definition) is 4. The molecule has 2 rings (SSSR count). The van der Waals surface area contributed by atoms with Crippen LogP contribution in [0.3, 0.4) is 0 Å². The minimum atomic E-state index is -3.47. The van der Waals surface area contributed by atoms with Gasteiger partial charge in [0.2, 0.25) is 10.0 Å². The van der Waals surface area contributed by atoms with Crippen LogP contribution in [0.4, 0.5) is 0 Å². The summed E-state index contributed by atoms with van der Waals surface area (Å²) in [5.74, 6) is -0.703. The van der Waals surface area contributed by atoms with Crippen LogP contribution in [-0.4, -0.2) is 25.1 Å². The van der Waals surface area contributed by atoms with Gasteiger partial charge in [-0.2, -0.15) is 0 Å². The van der Waals surface area contributed by atoms with Gasteiger partial charge in [0.25, 0.3) is 5.91 Å². The Labute approximate surface area is 88.8 Å². The number of nitrogens with two attached hydrogens (primary N) is 1. The summed E-state index contributed by atoms with van der Waals surface area (Å²) in [5.41, 5.74) is 4.67. The van der Waals surface area contributed by atoms with Crippen LogP contribution in [-0.2, 0) is 14.8 Å². The van der Waals surface area contributed by atoms with Gasteiger partial charge in [-0.05, 0) is 19.3 Å². The first-order valence-corrected chi connectivity index (χ1v) is 6.42. The SMILES string of the molecule is C=C[C@@H]1C[C@@]1(N)C(=O)NS(=O)(=O)C1CC1. The Morgan fingerprint density at radius 2 is 2.13 bits per heavy atom. The average Bonchev–Trinajstić information content (AvgIpc) is 2.97. The van der Waals surface area contributed by atoms with E-state index in [4.69, 9.17) is 5.73 Å². The second-order valence-electron chi connectivity index (χ2n) is 4.26. The van der Waals surface area contributed by atoms with Crippen molar-refractivity contribution in [2.24, 2.45) is 11.7 Å². The van der Waals surface area contributed by atoms with Gasteiger partial charge in [-0.25, -0.2) is 8.42 Å². The summed E-state index contributed by atoms with van der Waals surface area (Å²) in [5, 5.41) is -0.397. The van der Waals surface area contributed by atoms with Crippen LogP contribution in [0.1, 0.15) is 19.3 Å². The zero-order chi connectivity index (χ0) is 11.3. The summed E-state index contributed by atoms with van der Waals surface area (Å²) in [6.07, 6.45) is 3.32. The van der Waals surface area contributed by atoms with Gasteiger partial charge in [-0.15, -0.1) is 6.58 Å². The highest BCUT2D eigenvalue weighted by Crippen LogP contribution is 2.42. The van der Waals surface area contributed by atoms with Crippen molar-refractivity contribution in [1.29, 1.82) is 0 Å². The Morgan fingerprint density at radius 1 is 1.53 bits per heavy atom. The number of rotatable bonds is 4. The van der Waals surface area contributed by atoms with E-state index in [1.54, 1.807) is 6.08 Å². The molecule has 2 fully saturated rings. The van der Waals surface area contributed by atoms with Crippen LogP contribution in [0.2, 0.25) is 0 Å². The lowest BCUT2D eigenvalue weighted by Crippen LogP contribution is -2.47. The maximum absolute atomic E-state index is 11.6. The molecule has 1 amide bonds. The number of amides is 1. The van der Waals surface area contributed by atoms with Crippen LogP contribution < -0.4 is 10.5 Å². The molecule has 0 spiro atoms. The third-order valence-electron chi connectivity index (χ3n) is 2.96. The minimum Gasteiger partial charge on any atom is -0.317 e. The van der Waals surface area contributed by atoms with Crippen molar-refractivity contribution in [3.05, 3.63) is 12.7 Å². The van der Waals surface area contributed by atoms with Gasteiger partial charge in [0.15, 0.2) is 0 Å². The highest BCUT2D eigenvalue weighted by molar-refractivity contribution is 7.90. The standard InChI is InChI=1S/C9H14N2O3S/c1-2-6-5-9(6,10)8(12)11-15(13,14)7-3-4-7/h2,6-7H,1,3-5,10H2,(H,11,12)/t6-,9+/m1/s1. The molecule has 15 heavy (non-hydrogen) atoms. The van der Waals surface area contributed by atoms with Gasteiger partial charge < -0.3 is 5.73 Å². The lowest BCUT2D eigenvalue weighted by molar-refractivity contribution is -0.121. The molecule has 0 aromatic heterocycles. The second kappa shape index (κ2) is 3.05. The molecule has 0 bridgehead atoms. The molecule has 2 atom stereocenters. The maximum atomic E-state index is 11.6. The average molecular weight is 230 g/mol. The lowest BCUT2D eigenvalue weighted by atomic mass is 10.2. The summed E-state index contributed by atoms with van der Waals surface area (Å²) in [6, 6.07) is 0. The quantitative estimate of drug-likeness (QED) is 0.637. The van der Waals surface area contributed by atoms with Crippen molar-refractivity contribution in [2.75, 3.05) is 0 Å². The highest BCUT2D eigenvalue weighted by atomic mass is 32.2. The first-order chi connectivity index (χ1) is 6.90. The van der Waals surface area contributed by atoms with Gasteiger partial charge >= 0.3 is 0 Å². The van der Waals surface area contributed by atoms with Gasteiger partial charge in [-0.3, -0.25) is 9.52 Å². The molecule has 84 valence electrons. The van der Waals surface area contributed by atoms with Gasteiger partial charge in [0.1, 0.15) is 5.54 Å². The third-order valence-corrected chi connectivity index (χ3v) is 4.78. The van der Waals surface area contributed by atoms with Crippen LogP contribution in [0, 0.1) is 5.92 Å². The monoisotopic (exact) mass is 230 g/mol. The van der Waals surface area contributed by atoms with Crippen molar-refractivity contribution in [3.63, 3.8) is 0 Å². The smallest absolute Gasteiger partial charge is 0.254 e. The summed E-state index contributed by atoms with van der Waals surface area (Å²) in [6.45, 7) is 3.54. The molecule has 6 heteroatoms. The summed E-state index contributed by atoms with van der Waals surface area (Å²) < 4.78 is 25.0. The predicted molar refractivity (Wildman–Crippen MR) is 55.3 cm³/mol. The van der Waals surface area contributed by atoms with E-state index in [0.29, 0.717) is 19.3 Å². The molecular formula is C9H14N2O3S. The fourth-order valence-electron chi connectivity index (χ4n) is 1.55. The highest BCUT2D eigenvalue weighted by Gasteiger charge is 2.56. The first kappa shape index (κ1) is 10.6. The number of carbonyl (C=O) groups excluding carboxylic acids is 1. The van der Waals surface area contributed by atoms with Gasteiger partial charge in [0.05, 0.1) is 5.25 Å². The van der Waals surface area contributed by atoms with Crippen LogP contribution >= 0.6 is 0 Å². The normalized spacial score (nSPS) is 34.6. The lowest BCUT2D eigenvalue weighted by Gasteiger charge is -2.11. The molecule has 0 heterocycles. The first-order valence-electron chi connectivity index (χ1n) is 4.87. The number of hydrogen-bond donors (Lipinski definition) is 2. The van der Waals surface area contributed by atoms with Crippen molar-refractivity contribution in [2.45, 2.75) is 30.1 Å². The van der Waals surface area contributed by atoms with Gasteiger partial charge in [0, 0.05) is 5.92 Å². The molecule has 5 nitrogen and oxygen atoms in total. The molecule has 2 aliphatic carbocycles.